The van der Waals surface area contributed by atoms with Crippen LogP contribution in [0, 0.1) is 12.8 Å². The van der Waals surface area contributed by atoms with Crippen LogP contribution in [0.3, 0.4) is 0 Å². The molecule has 0 aromatic carbocycles. The van der Waals surface area contributed by atoms with Gasteiger partial charge < -0.3 is 19.9 Å². The lowest BCUT2D eigenvalue weighted by Crippen LogP contribution is -2.37. The summed E-state index contributed by atoms with van der Waals surface area (Å²) in [4.78, 5) is 36.1. The van der Waals surface area contributed by atoms with E-state index >= 15 is 0 Å². The Labute approximate surface area is 167 Å². The molecule has 1 aliphatic heterocycles. The van der Waals surface area contributed by atoms with E-state index in [9.17, 15) is 4.79 Å². The van der Waals surface area contributed by atoms with E-state index in [1.807, 2.05) is 6.33 Å². The van der Waals surface area contributed by atoms with Gasteiger partial charge in [-0.25, -0.2) is 24.9 Å². The molecule has 0 atom stereocenters. The van der Waals surface area contributed by atoms with E-state index in [4.69, 9.17) is 20.4 Å². The number of anilines is 1. The Balaban J connectivity index is 1.65. The molecule has 3 aromatic heterocycles. The van der Waals surface area contributed by atoms with Crippen molar-refractivity contribution in [3.05, 3.63) is 24.0 Å². The zero-order chi connectivity index (χ0) is 20.0. The highest BCUT2D eigenvalue weighted by atomic mass is 16.5. The number of ether oxygens (including phenoxy) is 1. The van der Waals surface area contributed by atoms with Gasteiger partial charge in [-0.1, -0.05) is 0 Å². The summed E-state index contributed by atoms with van der Waals surface area (Å²) in [6, 6.07) is 0. The molecule has 1 aliphatic carbocycles. The molecule has 10 nitrogen and oxygen atoms in total. The Morgan fingerprint density at radius 2 is 2.00 bits per heavy atom. The molecule has 2 aliphatic rings. The summed E-state index contributed by atoms with van der Waals surface area (Å²) in [5, 5.41) is 0. The Kier molecular flexibility index (Phi) is 4.35. The summed E-state index contributed by atoms with van der Waals surface area (Å²) in [6.45, 7) is 5.50. The minimum atomic E-state index is -0.660. The number of aryl methyl sites for hydroxylation is 1. The predicted octanol–water partition coefficient (Wildman–Crippen LogP) is 0.937. The number of fused-ring (bicyclic) bond motifs is 1. The van der Waals surface area contributed by atoms with Crippen molar-refractivity contribution < 1.29 is 9.53 Å². The van der Waals surface area contributed by atoms with Crippen molar-refractivity contribution in [3.8, 4) is 11.4 Å². The molecule has 0 bridgehead atoms. The van der Waals surface area contributed by atoms with Gasteiger partial charge in [0.2, 0.25) is 5.82 Å². The van der Waals surface area contributed by atoms with Crippen LogP contribution in [-0.4, -0.2) is 61.7 Å². The van der Waals surface area contributed by atoms with Gasteiger partial charge in [0.1, 0.15) is 0 Å². The molecule has 1 amide bonds. The quantitative estimate of drug-likeness (QED) is 0.678. The van der Waals surface area contributed by atoms with Crippen molar-refractivity contribution in [2.75, 3.05) is 31.2 Å². The molecule has 2 fully saturated rings. The van der Waals surface area contributed by atoms with Crippen LogP contribution in [0.1, 0.15) is 29.2 Å². The smallest absolute Gasteiger partial charge is 0.286 e. The number of primary amides is 1. The highest BCUT2D eigenvalue weighted by Crippen LogP contribution is 2.33. The predicted molar refractivity (Wildman–Crippen MR) is 105 cm³/mol. The minimum absolute atomic E-state index is 0.0143. The second kappa shape index (κ2) is 7.03. The van der Waals surface area contributed by atoms with Gasteiger partial charge in [0.05, 0.1) is 30.8 Å². The number of hydrogen-bond acceptors (Lipinski definition) is 8. The third-order valence-corrected chi connectivity index (χ3v) is 5.35. The molecule has 29 heavy (non-hydrogen) atoms. The van der Waals surface area contributed by atoms with Crippen molar-refractivity contribution in [1.82, 2.24) is 29.5 Å². The summed E-state index contributed by atoms with van der Waals surface area (Å²) in [5.41, 5.74) is 8.18. The molecular formula is C19H22N8O2. The maximum absolute atomic E-state index is 11.4. The van der Waals surface area contributed by atoms with Crippen molar-refractivity contribution in [3.63, 3.8) is 0 Å². The van der Waals surface area contributed by atoms with Crippen molar-refractivity contribution >= 4 is 22.9 Å². The number of imidazole rings is 1. The van der Waals surface area contributed by atoms with E-state index in [2.05, 4.69) is 24.4 Å². The van der Waals surface area contributed by atoms with Gasteiger partial charge in [-0.05, 0) is 25.7 Å². The second-order valence-electron chi connectivity index (χ2n) is 7.54. The van der Waals surface area contributed by atoms with E-state index in [1.54, 1.807) is 13.1 Å². The number of amides is 1. The fourth-order valence-electron chi connectivity index (χ4n) is 3.56. The van der Waals surface area contributed by atoms with E-state index in [0.717, 1.165) is 36.6 Å². The third kappa shape index (κ3) is 3.39. The summed E-state index contributed by atoms with van der Waals surface area (Å²) in [6.07, 6.45) is 5.91. The normalized spacial score (nSPS) is 17.1. The monoisotopic (exact) mass is 394 g/mol. The molecule has 0 spiro atoms. The van der Waals surface area contributed by atoms with Crippen LogP contribution < -0.4 is 10.6 Å². The molecule has 10 heteroatoms. The number of nitrogens with two attached hydrogens (primary N) is 1. The van der Waals surface area contributed by atoms with Crippen molar-refractivity contribution in [1.29, 1.82) is 0 Å². The van der Waals surface area contributed by atoms with Crippen LogP contribution >= 0.6 is 0 Å². The Bertz CT molecular complexity index is 1090. The second-order valence-corrected chi connectivity index (χ2v) is 7.54. The molecule has 0 radical (unpaired) electrons. The molecule has 4 heterocycles. The molecule has 1 saturated carbocycles. The molecular weight excluding hydrogens is 372 g/mol. The summed E-state index contributed by atoms with van der Waals surface area (Å²) in [5.74, 6) is 1.33. The van der Waals surface area contributed by atoms with Crippen LogP contribution in [0.4, 0.5) is 5.82 Å². The summed E-state index contributed by atoms with van der Waals surface area (Å²) < 4.78 is 7.60. The van der Waals surface area contributed by atoms with Gasteiger partial charge in [-0.15, -0.1) is 0 Å². The number of hydrogen-bond donors (Lipinski definition) is 1. The van der Waals surface area contributed by atoms with Crippen molar-refractivity contribution in [2.24, 2.45) is 11.7 Å². The Morgan fingerprint density at radius 1 is 1.21 bits per heavy atom. The summed E-state index contributed by atoms with van der Waals surface area (Å²) >= 11 is 0. The summed E-state index contributed by atoms with van der Waals surface area (Å²) in [7, 11) is 0. The lowest BCUT2D eigenvalue weighted by molar-refractivity contribution is 0.0990. The highest BCUT2D eigenvalue weighted by molar-refractivity contribution is 5.89. The van der Waals surface area contributed by atoms with Crippen molar-refractivity contribution in [2.45, 2.75) is 26.3 Å². The average molecular weight is 394 g/mol. The first-order valence-corrected chi connectivity index (χ1v) is 9.79. The van der Waals surface area contributed by atoms with Crippen LogP contribution in [0.15, 0.2) is 12.5 Å². The van der Waals surface area contributed by atoms with Gasteiger partial charge in [-0.3, -0.25) is 4.79 Å². The topological polar surface area (TPSA) is 125 Å². The van der Waals surface area contributed by atoms with Crippen LogP contribution in [0.5, 0.6) is 0 Å². The van der Waals surface area contributed by atoms with Gasteiger partial charge in [0.25, 0.3) is 5.91 Å². The van der Waals surface area contributed by atoms with Gasteiger partial charge >= 0.3 is 0 Å². The SMILES string of the molecule is Cc1nc(C(N)=O)ncc1-c1nc(N2CCOCC2)c2ncn(CC3CC3)c2n1. The van der Waals surface area contributed by atoms with Gasteiger partial charge in [0.15, 0.2) is 22.8 Å². The van der Waals surface area contributed by atoms with Gasteiger partial charge in [-0.2, -0.15) is 0 Å². The number of nitrogens with zero attached hydrogens (tertiary/aromatic N) is 7. The first kappa shape index (κ1) is 17.9. The maximum Gasteiger partial charge on any atom is 0.286 e. The molecule has 3 aromatic rings. The van der Waals surface area contributed by atoms with Gasteiger partial charge in [0, 0.05) is 25.8 Å². The molecule has 5 rings (SSSR count). The molecule has 0 unspecified atom stereocenters. The van der Waals surface area contributed by atoms with E-state index in [-0.39, 0.29) is 5.82 Å². The van der Waals surface area contributed by atoms with Crippen LogP contribution in [0.25, 0.3) is 22.6 Å². The Morgan fingerprint density at radius 3 is 2.69 bits per heavy atom. The molecule has 1 saturated heterocycles. The first-order chi connectivity index (χ1) is 14.1. The van der Waals surface area contributed by atoms with E-state index in [0.29, 0.717) is 36.2 Å². The number of carbonyl (C=O) groups excluding carboxylic acids is 1. The number of morpholine rings is 1. The average Bonchev–Trinajstić information content (AvgIpc) is 3.46. The first-order valence-electron chi connectivity index (χ1n) is 9.79. The largest absolute Gasteiger partial charge is 0.378 e. The number of rotatable bonds is 5. The number of carbonyl (C=O) groups is 1. The zero-order valence-corrected chi connectivity index (χ0v) is 16.2. The lowest BCUT2D eigenvalue weighted by Gasteiger charge is -2.28. The standard InChI is InChI=1S/C19H22N8O2/c1-11-13(8-21-17(23-11)15(20)28)16-24-18(26-4-6-29-7-5-26)14-19(25-16)27(10-22-14)9-12-2-3-12/h8,10,12H,2-7,9H2,1H3,(H2,20,28). The highest BCUT2D eigenvalue weighted by Gasteiger charge is 2.26. The maximum atomic E-state index is 11.4. The fraction of sp³-hybridized carbons (Fsp3) is 0.474. The zero-order valence-electron chi connectivity index (χ0n) is 16.2. The van der Waals surface area contributed by atoms with Crippen LogP contribution in [-0.2, 0) is 11.3 Å². The fourth-order valence-corrected chi connectivity index (χ4v) is 3.56. The Hall–Kier alpha value is -3.14. The minimum Gasteiger partial charge on any atom is -0.378 e. The van der Waals surface area contributed by atoms with E-state index < -0.39 is 5.91 Å². The molecule has 150 valence electrons. The third-order valence-electron chi connectivity index (χ3n) is 5.35. The van der Waals surface area contributed by atoms with E-state index in [1.165, 1.54) is 12.8 Å². The molecule has 2 N–H and O–H groups in total. The van der Waals surface area contributed by atoms with Crippen LogP contribution in [0.2, 0.25) is 0 Å². The lowest BCUT2D eigenvalue weighted by atomic mass is 10.2. The number of aromatic nitrogens is 6.